The van der Waals surface area contributed by atoms with Gasteiger partial charge in [0.25, 0.3) is 0 Å². The molecule has 1 unspecified atom stereocenters. The molecule has 1 atom stereocenters. The van der Waals surface area contributed by atoms with E-state index in [0.717, 1.165) is 18.7 Å². The standard InChI is InChI=1S/C13H18N4/c1-10-3-5-11(6-4-10)7-12(14)8-13-15-9-16-17(13)2/h3-6,9,12H,7-8,14H2,1-2H3. The Labute approximate surface area is 101 Å². The van der Waals surface area contributed by atoms with Gasteiger partial charge < -0.3 is 5.73 Å². The van der Waals surface area contributed by atoms with E-state index in [4.69, 9.17) is 5.73 Å². The third kappa shape index (κ3) is 3.14. The summed E-state index contributed by atoms with van der Waals surface area (Å²) in [5.41, 5.74) is 8.67. The molecule has 1 aromatic heterocycles. The third-order valence-electron chi connectivity index (χ3n) is 2.87. The number of rotatable bonds is 4. The summed E-state index contributed by atoms with van der Waals surface area (Å²) in [6.45, 7) is 2.09. The molecule has 0 spiro atoms. The van der Waals surface area contributed by atoms with Crippen molar-refractivity contribution in [2.45, 2.75) is 25.8 Å². The number of hydrogen-bond donors (Lipinski definition) is 1. The highest BCUT2D eigenvalue weighted by Crippen LogP contribution is 2.07. The average molecular weight is 230 g/mol. The van der Waals surface area contributed by atoms with Crippen molar-refractivity contribution in [3.63, 3.8) is 0 Å². The van der Waals surface area contributed by atoms with Crippen molar-refractivity contribution in [1.29, 1.82) is 0 Å². The molecule has 0 aliphatic carbocycles. The van der Waals surface area contributed by atoms with Crippen LogP contribution in [0.5, 0.6) is 0 Å². The minimum absolute atomic E-state index is 0.0839. The molecule has 2 aromatic rings. The molecule has 4 nitrogen and oxygen atoms in total. The van der Waals surface area contributed by atoms with Crippen molar-refractivity contribution in [2.75, 3.05) is 0 Å². The van der Waals surface area contributed by atoms with E-state index in [0.29, 0.717) is 0 Å². The lowest BCUT2D eigenvalue weighted by molar-refractivity contribution is 0.603. The summed E-state index contributed by atoms with van der Waals surface area (Å²) in [4.78, 5) is 4.18. The van der Waals surface area contributed by atoms with Crippen molar-refractivity contribution < 1.29 is 0 Å². The van der Waals surface area contributed by atoms with E-state index in [-0.39, 0.29) is 6.04 Å². The second-order valence-corrected chi connectivity index (χ2v) is 4.45. The maximum absolute atomic E-state index is 6.12. The molecule has 0 amide bonds. The van der Waals surface area contributed by atoms with E-state index in [1.165, 1.54) is 11.1 Å². The zero-order valence-electron chi connectivity index (χ0n) is 10.3. The number of nitrogens with zero attached hydrogens (tertiary/aromatic N) is 3. The van der Waals surface area contributed by atoms with Crippen LogP contribution in [-0.4, -0.2) is 20.8 Å². The summed E-state index contributed by atoms with van der Waals surface area (Å²) in [7, 11) is 1.89. The van der Waals surface area contributed by atoms with Gasteiger partial charge in [0, 0.05) is 19.5 Å². The highest BCUT2D eigenvalue weighted by molar-refractivity contribution is 5.22. The first kappa shape index (κ1) is 11.8. The van der Waals surface area contributed by atoms with E-state index in [1.54, 1.807) is 11.0 Å². The van der Waals surface area contributed by atoms with Gasteiger partial charge in [-0.1, -0.05) is 29.8 Å². The monoisotopic (exact) mass is 230 g/mol. The average Bonchev–Trinajstić information content (AvgIpc) is 2.68. The largest absolute Gasteiger partial charge is 0.327 e. The SMILES string of the molecule is Cc1ccc(CC(N)Cc2ncnn2C)cc1. The number of hydrogen-bond acceptors (Lipinski definition) is 3. The molecule has 0 bridgehead atoms. The lowest BCUT2D eigenvalue weighted by Crippen LogP contribution is -2.27. The molecule has 2 N–H and O–H groups in total. The lowest BCUT2D eigenvalue weighted by atomic mass is 10.0. The fourth-order valence-corrected chi connectivity index (χ4v) is 1.84. The second-order valence-electron chi connectivity index (χ2n) is 4.45. The summed E-state index contributed by atoms with van der Waals surface area (Å²) in [6.07, 6.45) is 3.19. The minimum atomic E-state index is 0.0839. The zero-order chi connectivity index (χ0) is 12.3. The van der Waals surface area contributed by atoms with E-state index in [9.17, 15) is 0 Å². The van der Waals surface area contributed by atoms with Crippen molar-refractivity contribution in [1.82, 2.24) is 14.8 Å². The first-order valence-electron chi connectivity index (χ1n) is 5.79. The van der Waals surface area contributed by atoms with Crippen molar-refractivity contribution in [3.05, 3.63) is 47.5 Å². The Balaban J connectivity index is 1.95. The van der Waals surface area contributed by atoms with Crippen LogP contribution in [0.2, 0.25) is 0 Å². The molecule has 0 saturated heterocycles. The van der Waals surface area contributed by atoms with Crippen molar-refractivity contribution in [3.8, 4) is 0 Å². The molecule has 0 saturated carbocycles. The predicted molar refractivity (Wildman–Crippen MR) is 67.6 cm³/mol. The van der Waals surface area contributed by atoms with Gasteiger partial charge in [-0.2, -0.15) is 5.10 Å². The lowest BCUT2D eigenvalue weighted by Gasteiger charge is -2.11. The molecule has 1 aromatic carbocycles. The Morgan fingerprint density at radius 2 is 1.94 bits per heavy atom. The Morgan fingerprint density at radius 1 is 1.24 bits per heavy atom. The molecular weight excluding hydrogens is 212 g/mol. The van der Waals surface area contributed by atoms with Crippen molar-refractivity contribution >= 4 is 0 Å². The smallest absolute Gasteiger partial charge is 0.138 e. The normalized spacial score (nSPS) is 12.6. The maximum Gasteiger partial charge on any atom is 0.138 e. The number of nitrogens with two attached hydrogens (primary N) is 1. The van der Waals surface area contributed by atoms with E-state index >= 15 is 0 Å². The van der Waals surface area contributed by atoms with Crippen LogP contribution in [0.3, 0.4) is 0 Å². The van der Waals surface area contributed by atoms with Gasteiger partial charge in [-0.05, 0) is 18.9 Å². The molecular formula is C13H18N4. The van der Waals surface area contributed by atoms with Gasteiger partial charge in [0.1, 0.15) is 12.2 Å². The first-order valence-corrected chi connectivity index (χ1v) is 5.79. The minimum Gasteiger partial charge on any atom is -0.327 e. The molecule has 0 radical (unpaired) electrons. The molecule has 1 heterocycles. The predicted octanol–water partition coefficient (Wildman–Crippen LogP) is 1.24. The van der Waals surface area contributed by atoms with Gasteiger partial charge >= 0.3 is 0 Å². The van der Waals surface area contributed by atoms with Crippen LogP contribution in [0.25, 0.3) is 0 Å². The molecule has 0 aliphatic rings. The fraction of sp³-hybridized carbons (Fsp3) is 0.385. The summed E-state index contributed by atoms with van der Waals surface area (Å²) in [5.74, 6) is 0.935. The topological polar surface area (TPSA) is 56.7 Å². The quantitative estimate of drug-likeness (QED) is 0.859. The highest BCUT2D eigenvalue weighted by atomic mass is 15.3. The maximum atomic E-state index is 6.12. The Kier molecular flexibility index (Phi) is 3.54. The number of aromatic nitrogens is 3. The van der Waals surface area contributed by atoms with Crippen LogP contribution in [-0.2, 0) is 19.9 Å². The number of aryl methyl sites for hydroxylation is 2. The third-order valence-corrected chi connectivity index (χ3v) is 2.87. The van der Waals surface area contributed by atoms with Crippen LogP contribution in [0.1, 0.15) is 17.0 Å². The highest BCUT2D eigenvalue weighted by Gasteiger charge is 2.09. The van der Waals surface area contributed by atoms with Gasteiger partial charge in [0.2, 0.25) is 0 Å². The van der Waals surface area contributed by atoms with Gasteiger partial charge in [-0.25, -0.2) is 4.98 Å². The molecule has 4 heteroatoms. The Morgan fingerprint density at radius 3 is 2.53 bits per heavy atom. The zero-order valence-corrected chi connectivity index (χ0v) is 10.3. The summed E-state index contributed by atoms with van der Waals surface area (Å²) >= 11 is 0. The van der Waals surface area contributed by atoms with Gasteiger partial charge in [0.15, 0.2) is 0 Å². The molecule has 2 rings (SSSR count). The summed E-state index contributed by atoms with van der Waals surface area (Å²) < 4.78 is 1.77. The molecule has 17 heavy (non-hydrogen) atoms. The van der Waals surface area contributed by atoms with Gasteiger partial charge in [0.05, 0.1) is 0 Å². The van der Waals surface area contributed by atoms with E-state index in [2.05, 4.69) is 41.3 Å². The van der Waals surface area contributed by atoms with E-state index < -0.39 is 0 Å². The van der Waals surface area contributed by atoms with Crippen LogP contribution < -0.4 is 5.73 Å². The second kappa shape index (κ2) is 5.10. The first-order chi connectivity index (χ1) is 8.15. The number of benzene rings is 1. The van der Waals surface area contributed by atoms with Crippen LogP contribution >= 0.6 is 0 Å². The Hall–Kier alpha value is -1.68. The van der Waals surface area contributed by atoms with E-state index in [1.807, 2.05) is 7.05 Å². The summed E-state index contributed by atoms with van der Waals surface area (Å²) in [5, 5.41) is 4.04. The van der Waals surface area contributed by atoms with Crippen molar-refractivity contribution in [2.24, 2.45) is 12.8 Å². The summed E-state index contributed by atoms with van der Waals surface area (Å²) in [6, 6.07) is 8.58. The van der Waals surface area contributed by atoms with Crippen LogP contribution in [0.15, 0.2) is 30.6 Å². The van der Waals surface area contributed by atoms with Crippen LogP contribution in [0.4, 0.5) is 0 Å². The molecule has 90 valence electrons. The van der Waals surface area contributed by atoms with Gasteiger partial charge in [-0.3, -0.25) is 4.68 Å². The van der Waals surface area contributed by atoms with Gasteiger partial charge in [-0.15, -0.1) is 0 Å². The molecule has 0 fully saturated rings. The Bertz CT molecular complexity index is 472. The molecule has 0 aliphatic heterocycles. The fourth-order valence-electron chi connectivity index (χ4n) is 1.84. The van der Waals surface area contributed by atoms with Crippen LogP contribution in [0, 0.1) is 6.92 Å².